The first-order valence-corrected chi connectivity index (χ1v) is 10.5. The summed E-state index contributed by atoms with van der Waals surface area (Å²) in [4.78, 5) is 4.68. The summed E-state index contributed by atoms with van der Waals surface area (Å²) in [6, 6.07) is 16.0. The highest BCUT2D eigenvalue weighted by atomic mass is 79.9. The fourth-order valence-corrected chi connectivity index (χ4v) is 4.74. The number of nitrogens with zero attached hydrogens (tertiary/aromatic N) is 2. The molecule has 0 atom stereocenters. The maximum atomic E-state index is 9.84. The molecule has 3 aromatic rings. The topological polar surface area (TPSA) is 57.5 Å². The summed E-state index contributed by atoms with van der Waals surface area (Å²) >= 11 is 4.95. The number of phenols is 1. The third-order valence-corrected chi connectivity index (χ3v) is 6.42. The fourth-order valence-electron chi connectivity index (χ4n) is 3.62. The summed E-state index contributed by atoms with van der Waals surface area (Å²) in [5.41, 5.74) is 6.41. The lowest BCUT2D eigenvalue weighted by atomic mass is 9.59. The normalized spacial score (nSPS) is 21.9. The van der Waals surface area contributed by atoms with Crippen molar-refractivity contribution < 1.29 is 5.11 Å². The lowest BCUT2D eigenvalue weighted by molar-refractivity contribution is 0.222. The van der Waals surface area contributed by atoms with E-state index in [1.165, 1.54) is 5.56 Å². The molecule has 0 bridgehead atoms. The zero-order valence-corrected chi connectivity index (χ0v) is 17.3. The Morgan fingerprint density at radius 1 is 1.26 bits per heavy atom. The average Bonchev–Trinajstić information content (AvgIpc) is 3.11. The Kier molecular flexibility index (Phi) is 5.02. The summed E-state index contributed by atoms with van der Waals surface area (Å²) in [6.07, 6.45) is 3.84. The fraction of sp³-hybridized carbons (Fsp3) is 0.238. The Hall–Kier alpha value is -2.18. The molecule has 2 N–H and O–H groups in total. The number of hydrogen-bond donors (Lipinski definition) is 2. The molecule has 4 rings (SSSR count). The van der Waals surface area contributed by atoms with Crippen molar-refractivity contribution in [2.75, 3.05) is 5.43 Å². The van der Waals surface area contributed by atoms with Crippen LogP contribution >= 0.6 is 27.3 Å². The largest absolute Gasteiger partial charge is 0.507 e. The van der Waals surface area contributed by atoms with Crippen molar-refractivity contribution in [3.8, 4) is 5.75 Å². The van der Waals surface area contributed by atoms with Crippen LogP contribution < -0.4 is 5.43 Å². The second-order valence-electron chi connectivity index (χ2n) is 7.18. The monoisotopic (exact) mass is 441 g/mol. The van der Waals surface area contributed by atoms with Crippen LogP contribution in [0.4, 0.5) is 5.13 Å². The molecule has 0 aliphatic heterocycles. The number of rotatable bonds is 5. The van der Waals surface area contributed by atoms with Crippen LogP contribution in [0.5, 0.6) is 5.75 Å². The summed E-state index contributed by atoms with van der Waals surface area (Å²) in [6.45, 7) is 2.33. The molecule has 0 amide bonds. The van der Waals surface area contributed by atoms with E-state index in [0.29, 0.717) is 11.5 Å². The van der Waals surface area contributed by atoms with Crippen LogP contribution in [-0.4, -0.2) is 16.3 Å². The molecule has 4 nitrogen and oxygen atoms in total. The first-order chi connectivity index (χ1) is 13.0. The number of aromatic nitrogens is 1. The number of anilines is 1. The average molecular weight is 442 g/mol. The Morgan fingerprint density at radius 3 is 2.81 bits per heavy atom. The van der Waals surface area contributed by atoms with Crippen molar-refractivity contribution in [2.45, 2.75) is 31.1 Å². The summed E-state index contributed by atoms with van der Waals surface area (Å²) < 4.78 is 0.893. The van der Waals surface area contributed by atoms with Crippen LogP contribution in [0.3, 0.4) is 0 Å². The third-order valence-electron chi connectivity index (χ3n) is 5.16. The van der Waals surface area contributed by atoms with Gasteiger partial charge in [-0.3, -0.25) is 5.43 Å². The van der Waals surface area contributed by atoms with E-state index < -0.39 is 0 Å². The molecule has 138 valence electrons. The molecule has 1 aromatic heterocycles. The second-order valence-corrected chi connectivity index (χ2v) is 8.96. The molecule has 2 aromatic carbocycles. The van der Waals surface area contributed by atoms with Gasteiger partial charge in [-0.05, 0) is 42.0 Å². The van der Waals surface area contributed by atoms with Gasteiger partial charge in [0.05, 0.1) is 11.9 Å². The molecule has 1 aliphatic carbocycles. The van der Waals surface area contributed by atoms with Gasteiger partial charge in [-0.15, -0.1) is 11.3 Å². The quantitative estimate of drug-likeness (QED) is 0.383. The molecular formula is C21H20BrN3OS. The number of benzene rings is 2. The highest BCUT2D eigenvalue weighted by Gasteiger charge is 2.42. The van der Waals surface area contributed by atoms with Crippen molar-refractivity contribution in [2.24, 2.45) is 5.10 Å². The van der Waals surface area contributed by atoms with Gasteiger partial charge >= 0.3 is 0 Å². The highest BCUT2D eigenvalue weighted by Crippen LogP contribution is 2.52. The summed E-state index contributed by atoms with van der Waals surface area (Å²) in [7, 11) is 0. The van der Waals surface area contributed by atoms with Gasteiger partial charge in [0, 0.05) is 21.3 Å². The van der Waals surface area contributed by atoms with E-state index in [1.807, 2.05) is 6.07 Å². The lowest BCUT2D eigenvalue weighted by Gasteiger charge is -2.45. The lowest BCUT2D eigenvalue weighted by Crippen LogP contribution is -2.37. The van der Waals surface area contributed by atoms with Gasteiger partial charge < -0.3 is 5.11 Å². The molecule has 0 spiro atoms. The SMILES string of the molecule is CC1(c2ccccc2)CC(c2csc(N/N=C/c3cc(Br)ccc3O)n2)C1. The van der Waals surface area contributed by atoms with E-state index in [1.54, 1.807) is 29.7 Å². The molecule has 27 heavy (non-hydrogen) atoms. The zero-order valence-electron chi connectivity index (χ0n) is 14.9. The molecule has 6 heteroatoms. The van der Waals surface area contributed by atoms with Gasteiger partial charge in [-0.1, -0.05) is 53.2 Å². The maximum Gasteiger partial charge on any atom is 0.203 e. The van der Waals surface area contributed by atoms with Gasteiger partial charge in [-0.2, -0.15) is 5.10 Å². The number of phenolic OH excluding ortho intramolecular Hbond substituents is 1. The Labute approximate surface area is 171 Å². The van der Waals surface area contributed by atoms with Crippen LogP contribution in [0, 0.1) is 0 Å². The first kappa shape index (κ1) is 18.2. The van der Waals surface area contributed by atoms with Crippen LogP contribution in [0.25, 0.3) is 0 Å². The first-order valence-electron chi connectivity index (χ1n) is 8.82. The summed E-state index contributed by atoms with van der Waals surface area (Å²) in [5.74, 6) is 0.693. The Bertz CT molecular complexity index is 965. The number of thiazole rings is 1. The van der Waals surface area contributed by atoms with Gasteiger partial charge in [0.1, 0.15) is 5.75 Å². The van der Waals surface area contributed by atoms with Crippen molar-refractivity contribution in [3.63, 3.8) is 0 Å². The van der Waals surface area contributed by atoms with E-state index in [0.717, 1.165) is 28.1 Å². The molecule has 1 saturated carbocycles. The van der Waals surface area contributed by atoms with E-state index in [2.05, 4.69) is 74.1 Å². The highest BCUT2D eigenvalue weighted by molar-refractivity contribution is 9.10. The van der Waals surface area contributed by atoms with Crippen LogP contribution in [-0.2, 0) is 5.41 Å². The predicted molar refractivity (Wildman–Crippen MR) is 115 cm³/mol. The zero-order chi connectivity index (χ0) is 18.9. The predicted octanol–water partition coefficient (Wildman–Crippen LogP) is 5.89. The smallest absolute Gasteiger partial charge is 0.203 e. The minimum atomic E-state index is 0.193. The molecular weight excluding hydrogens is 422 g/mol. The Morgan fingerprint density at radius 2 is 2.04 bits per heavy atom. The minimum absolute atomic E-state index is 0.193. The molecule has 0 radical (unpaired) electrons. The number of aromatic hydroxyl groups is 1. The molecule has 1 aliphatic rings. The molecule has 0 saturated heterocycles. The van der Waals surface area contributed by atoms with Crippen molar-refractivity contribution >= 4 is 38.6 Å². The second kappa shape index (κ2) is 7.44. The van der Waals surface area contributed by atoms with Crippen molar-refractivity contribution in [3.05, 3.63) is 75.2 Å². The summed E-state index contributed by atoms with van der Waals surface area (Å²) in [5, 5.41) is 16.9. The standard InChI is InChI=1S/C21H20BrN3OS/c1-21(16-5-3-2-4-6-16)10-15(11-21)18-13-27-20(24-18)25-23-12-14-9-17(22)7-8-19(14)26/h2-9,12-13,15,26H,10-11H2,1H3,(H,24,25)/b23-12+. The van der Waals surface area contributed by atoms with Gasteiger partial charge in [-0.25, -0.2) is 4.98 Å². The third kappa shape index (κ3) is 3.92. The van der Waals surface area contributed by atoms with Crippen LogP contribution in [0.1, 0.15) is 42.5 Å². The number of nitrogens with one attached hydrogen (secondary N) is 1. The Balaban J connectivity index is 1.37. The minimum Gasteiger partial charge on any atom is -0.507 e. The maximum absolute atomic E-state index is 9.84. The number of halogens is 1. The van der Waals surface area contributed by atoms with E-state index >= 15 is 0 Å². The van der Waals surface area contributed by atoms with Crippen molar-refractivity contribution in [1.82, 2.24) is 4.98 Å². The van der Waals surface area contributed by atoms with Gasteiger partial charge in [0.2, 0.25) is 5.13 Å². The van der Waals surface area contributed by atoms with E-state index in [9.17, 15) is 5.11 Å². The van der Waals surface area contributed by atoms with Crippen LogP contribution in [0.15, 0.2) is 63.5 Å². The van der Waals surface area contributed by atoms with Gasteiger partial charge in [0.15, 0.2) is 0 Å². The molecule has 0 unspecified atom stereocenters. The van der Waals surface area contributed by atoms with Crippen LogP contribution in [0.2, 0.25) is 0 Å². The van der Waals surface area contributed by atoms with Gasteiger partial charge in [0.25, 0.3) is 0 Å². The van der Waals surface area contributed by atoms with E-state index in [-0.39, 0.29) is 11.2 Å². The molecule has 1 fully saturated rings. The van der Waals surface area contributed by atoms with Crippen molar-refractivity contribution in [1.29, 1.82) is 0 Å². The number of hydrazone groups is 1. The number of hydrogen-bond acceptors (Lipinski definition) is 5. The molecule has 1 heterocycles. The van der Waals surface area contributed by atoms with E-state index in [4.69, 9.17) is 0 Å².